The Morgan fingerprint density at radius 2 is 1.86 bits per heavy atom. The minimum atomic E-state index is -1.06. The van der Waals surface area contributed by atoms with Gasteiger partial charge in [0.05, 0.1) is 24.8 Å². The molecule has 0 aliphatic heterocycles. The first-order chi connectivity index (χ1) is 17.8. The number of fused-ring (bicyclic) bond motifs is 1. The first-order valence-electron chi connectivity index (χ1n) is 10.9. The molecule has 0 amide bonds. The lowest BCUT2D eigenvalue weighted by molar-refractivity contribution is -0.384. The number of nitrogens with one attached hydrogen (secondary N) is 2. The van der Waals surface area contributed by atoms with Crippen LogP contribution in [0.3, 0.4) is 0 Å². The maximum Gasteiger partial charge on any atom is 0.329 e. The number of hydrogen-bond donors (Lipinski definition) is 3. The zero-order chi connectivity index (χ0) is 26.5. The summed E-state index contributed by atoms with van der Waals surface area (Å²) in [5, 5.41) is 25.6. The smallest absolute Gasteiger partial charge is 0.329 e. The van der Waals surface area contributed by atoms with E-state index in [1.807, 2.05) is 0 Å². The third-order valence-corrected chi connectivity index (χ3v) is 5.38. The number of anilines is 1. The molecule has 0 saturated carbocycles. The van der Waals surface area contributed by atoms with Gasteiger partial charge in [0, 0.05) is 19.2 Å². The van der Waals surface area contributed by atoms with Crippen molar-refractivity contribution < 1.29 is 19.5 Å². The Morgan fingerprint density at radius 1 is 1.19 bits per heavy atom. The van der Waals surface area contributed by atoms with Crippen LogP contribution in [0.1, 0.15) is 5.56 Å². The summed E-state index contributed by atoms with van der Waals surface area (Å²) < 4.78 is 13.3. The van der Waals surface area contributed by atoms with E-state index in [0.29, 0.717) is 17.1 Å². The van der Waals surface area contributed by atoms with Gasteiger partial charge < -0.3 is 19.1 Å². The van der Waals surface area contributed by atoms with Crippen LogP contribution in [-0.2, 0) is 13.6 Å². The van der Waals surface area contributed by atoms with E-state index in [1.54, 1.807) is 31.4 Å². The highest BCUT2D eigenvalue weighted by Gasteiger charge is 2.20. The van der Waals surface area contributed by atoms with Crippen molar-refractivity contribution in [1.29, 1.82) is 0 Å². The van der Waals surface area contributed by atoms with E-state index in [9.17, 15) is 24.8 Å². The summed E-state index contributed by atoms with van der Waals surface area (Å²) in [7, 11) is 3.00. The number of non-ortho nitro benzene ring substituents is 1. The van der Waals surface area contributed by atoms with Crippen LogP contribution in [0, 0.1) is 10.1 Å². The molecule has 4 rings (SSSR count). The fourth-order valence-corrected chi connectivity index (χ4v) is 3.47. The second-order valence-electron chi connectivity index (χ2n) is 7.90. The van der Waals surface area contributed by atoms with Crippen LogP contribution in [0.15, 0.2) is 63.2 Å². The minimum Gasteiger partial charge on any atom is -0.497 e. The maximum atomic E-state index is 12.6. The number of aromatic amines is 1. The number of aromatic nitrogens is 4. The maximum absolute atomic E-state index is 12.6. The molecule has 0 bridgehead atoms. The van der Waals surface area contributed by atoms with Gasteiger partial charge in [-0.05, 0) is 42.0 Å². The number of methoxy groups -OCH3 is 1. The van der Waals surface area contributed by atoms with Gasteiger partial charge in [0.2, 0.25) is 5.95 Å². The van der Waals surface area contributed by atoms with Crippen molar-refractivity contribution in [2.45, 2.75) is 12.6 Å². The number of hydrogen-bond acceptors (Lipinski definition) is 10. The van der Waals surface area contributed by atoms with E-state index in [0.717, 1.165) is 0 Å². The molecule has 2 aromatic heterocycles. The molecule has 3 N–H and O–H groups in total. The highest BCUT2D eigenvalue weighted by atomic mass is 16.6. The van der Waals surface area contributed by atoms with Gasteiger partial charge in [-0.2, -0.15) is 10.1 Å². The van der Waals surface area contributed by atoms with Crippen molar-refractivity contribution in [2.24, 2.45) is 12.1 Å². The minimum absolute atomic E-state index is 0.0543. The molecule has 2 heterocycles. The quantitative estimate of drug-likeness (QED) is 0.161. The van der Waals surface area contributed by atoms with Crippen molar-refractivity contribution in [3.63, 3.8) is 0 Å². The molecule has 0 aliphatic rings. The van der Waals surface area contributed by atoms with E-state index >= 15 is 0 Å². The van der Waals surface area contributed by atoms with Gasteiger partial charge in [0.15, 0.2) is 11.2 Å². The first kappa shape index (κ1) is 25.1. The Bertz CT molecular complexity index is 1550. The number of nitro groups is 1. The first-order valence-corrected chi connectivity index (χ1v) is 10.9. The Morgan fingerprint density at radius 3 is 2.51 bits per heavy atom. The van der Waals surface area contributed by atoms with Crippen molar-refractivity contribution in [3.05, 3.63) is 85.0 Å². The topological polar surface area (TPSA) is 179 Å². The zero-order valence-corrected chi connectivity index (χ0v) is 19.8. The summed E-state index contributed by atoms with van der Waals surface area (Å²) in [6.45, 7) is -0.204. The van der Waals surface area contributed by atoms with Gasteiger partial charge in [0.1, 0.15) is 24.2 Å². The van der Waals surface area contributed by atoms with Crippen LogP contribution < -0.4 is 26.1 Å². The normalized spacial score (nSPS) is 12.1. The predicted molar refractivity (Wildman–Crippen MR) is 134 cm³/mol. The zero-order valence-electron chi connectivity index (χ0n) is 19.8. The molecule has 0 spiro atoms. The van der Waals surface area contributed by atoms with Crippen LogP contribution in [0.25, 0.3) is 11.2 Å². The van der Waals surface area contributed by atoms with E-state index in [-0.39, 0.29) is 36.0 Å². The Hall–Kier alpha value is -4.98. The van der Waals surface area contributed by atoms with Gasteiger partial charge >= 0.3 is 5.69 Å². The molecule has 2 aromatic carbocycles. The summed E-state index contributed by atoms with van der Waals surface area (Å²) in [6, 6.07) is 12.5. The summed E-state index contributed by atoms with van der Waals surface area (Å²) in [4.78, 5) is 41.5. The number of nitro benzene ring substituents is 1. The third kappa shape index (κ3) is 5.65. The molecule has 14 nitrogen and oxygen atoms in total. The van der Waals surface area contributed by atoms with E-state index in [2.05, 4.69) is 20.5 Å². The molecule has 4 aromatic rings. The lowest BCUT2D eigenvalue weighted by atomic mass is 10.2. The van der Waals surface area contributed by atoms with Gasteiger partial charge in [-0.1, -0.05) is 0 Å². The van der Waals surface area contributed by atoms with Crippen molar-refractivity contribution in [3.8, 4) is 11.5 Å². The number of ether oxygens (including phenoxy) is 2. The van der Waals surface area contributed by atoms with Gasteiger partial charge in [-0.3, -0.25) is 24.5 Å². The highest BCUT2D eigenvalue weighted by Crippen LogP contribution is 2.19. The number of imidazole rings is 1. The standard InChI is InChI=1S/C23H23N7O7/c1-28-20-19(21(32)26-23(28)33)29(12-16(31)13-37-18-9-7-17(36-2)8-10-18)22(25-20)27-24-11-14-3-5-15(6-4-14)30(34)35/h3-11,16,31H,12-13H2,1-2H3,(H,25,27)(H,26,32,33)/b24-11+. The summed E-state index contributed by atoms with van der Waals surface area (Å²) in [6.07, 6.45) is 0.343. The van der Waals surface area contributed by atoms with Crippen LogP contribution in [0.2, 0.25) is 0 Å². The van der Waals surface area contributed by atoms with Crippen molar-refractivity contribution in [1.82, 2.24) is 19.1 Å². The van der Waals surface area contributed by atoms with E-state index in [1.165, 1.54) is 46.7 Å². The molecule has 1 atom stereocenters. The number of nitrogens with zero attached hydrogens (tertiary/aromatic N) is 5. The highest BCUT2D eigenvalue weighted by molar-refractivity contribution is 5.81. The third-order valence-electron chi connectivity index (χ3n) is 5.38. The molecule has 0 fully saturated rings. The van der Waals surface area contributed by atoms with Crippen LogP contribution in [0.5, 0.6) is 11.5 Å². The number of aliphatic hydroxyl groups excluding tert-OH is 1. The largest absolute Gasteiger partial charge is 0.497 e. The van der Waals surface area contributed by atoms with Crippen molar-refractivity contribution in [2.75, 3.05) is 19.1 Å². The van der Waals surface area contributed by atoms with Crippen LogP contribution in [0.4, 0.5) is 11.6 Å². The average Bonchev–Trinajstić information content (AvgIpc) is 3.25. The molecule has 1 unspecified atom stereocenters. The molecule has 37 heavy (non-hydrogen) atoms. The molecular formula is C23H23N7O7. The average molecular weight is 509 g/mol. The van der Waals surface area contributed by atoms with E-state index < -0.39 is 22.3 Å². The van der Waals surface area contributed by atoms with Crippen molar-refractivity contribution >= 4 is 29.0 Å². The lowest BCUT2D eigenvalue weighted by Crippen LogP contribution is -2.30. The number of H-pyrrole nitrogens is 1. The molecule has 192 valence electrons. The lowest BCUT2D eigenvalue weighted by Gasteiger charge is -2.15. The van der Waals surface area contributed by atoms with E-state index in [4.69, 9.17) is 9.47 Å². The second kappa shape index (κ2) is 10.7. The number of aliphatic hydroxyl groups is 1. The second-order valence-corrected chi connectivity index (χ2v) is 7.90. The fraction of sp³-hybridized carbons (Fsp3) is 0.217. The van der Waals surface area contributed by atoms with Gasteiger partial charge in [-0.25, -0.2) is 10.2 Å². The number of benzene rings is 2. The SMILES string of the molecule is COc1ccc(OCC(O)Cn2c(N/N=C/c3ccc([N+](=O)[O-])cc3)nc3c2c(=O)[nH]c(=O)n3C)cc1. The number of aryl methyl sites for hydroxylation is 1. The summed E-state index contributed by atoms with van der Waals surface area (Å²) in [5.41, 5.74) is 2.03. The number of rotatable bonds is 10. The Kier molecular flexibility index (Phi) is 7.29. The molecule has 0 radical (unpaired) electrons. The van der Waals surface area contributed by atoms with Crippen LogP contribution >= 0.6 is 0 Å². The molecule has 0 aliphatic carbocycles. The molecule has 0 saturated heterocycles. The fourth-order valence-electron chi connectivity index (χ4n) is 3.47. The molecule has 14 heteroatoms. The summed E-state index contributed by atoms with van der Waals surface area (Å²) >= 11 is 0. The number of hydrazone groups is 1. The monoisotopic (exact) mass is 509 g/mol. The summed E-state index contributed by atoms with van der Waals surface area (Å²) in [5.74, 6) is 1.26. The predicted octanol–water partition coefficient (Wildman–Crippen LogP) is 1.23. The van der Waals surface area contributed by atoms with Gasteiger partial charge in [0.25, 0.3) is 11.2 Å². The van der Waals surface area contributed by atoms with Gasteiger partial charge in [-0.15, -0.1) is 0 Å². The van der Waals surface area contributed by atoms with Crippen LogP contribution in [-0.4, -0.2) is 55.2 Å². The molecular weight excluding hydrogens is 486 g/mol. The Balaban J connectivity index is 1.57. The Labute approximate surface area is 208 Å².